The summed E-state index contributed by atoms with van der Waals surface area (Å²) in [5.74, 6) is 0.618. The van der Waals surface area contributed by atoms with Crippen molar-refractivity contribution < 1.29 is 4.74 Å². The van der Waals surface area contributed by atoms with Crippen LogP contribution in [0.15, 0.2) is 12.5 Å². The van der Waals surface area contributed by atoms with Crippen LogP contribution in [0, 0.1) is 5.92 Å². The lowest BCUT2D eigenvalue weighted by molar-refractivity contribution is 0.105. The minimum atomic E-state index is 0.278. The fourth-order valence-corrected chi connectivity index (χ4v) is 2.89. The molecule has 1 aromatic heterocycles. The highest BCUT2D eigenvalue weighted by Gasteiger charge is 2.31. The van der Waals surface area contributed by atoms with Gasteiger partial charge in [-0.2, -0.15) is 0 Å². The summed E-state index contributed by atoms with van der Waals surface area (Å²) >= 11 is 0. The van der Waals surface area contributed by atoms with Gasteiger partial charge in [0.2, 0.25) is 0 Å². The third-order valence-corrected chi connectivity index (χ3v) is 4.18. The van der Waals surface area contributed by atoms with Crippen molar-refractivity contribution in [3.63, 3.8) is 0 Å². The van der Waals surface area contributed by atoms with Gasteiger partial charge in [-0.1, -0.05) is 20.8 Å². The van der Waals surface area contributed by atoms with Crippen LogP contribution in [0.25, 0.3) is 0 Å². The molecule has 20 heavy (non-hydrogen) atoms. The summed E-state index contributed by atoms with van der Waals surface area (Å²) < 4.78 is 7.98. The quantitative estimate of drug-likeness (QED) is 0.780. The van der Waals surface area contributed by atoms with Crippen molar-refractivity contribution in [1.82, 2.24) is 14.9 Å². The molecule has 0 amide bonds. The second kappa shape index (κ2) is 7.23. The fraction of sp³-hybridized carbons (Fsp3) is 0.812. The second-order valence-corrected chi connectivity index (χ2v) is 6.61. The van der Waals surface area contributed by atoms with Gasteiger partial charge in [0, 0.05) is 37.1 Å². The van der Waals surface area contributed by atoms with E-state index >= 15 is 0 Å². The molecular formula is C16H29N3O. The minimum absolute atomic E-state index is 0.278. The summed E-state index contributed by atoms with van der Waals surface area (Å²) in [7, 11) is 0. The monoisotopic (exact) mass is 279 g/mol. The maximum atomic E-state index is 5.66. The van der Waals surface area contributed by atoms with E-state index in [4.69, 9.17) is 4.74 Å². The smallest absolute Gasteiger partial charge is 0.0948 e. The van der Waals surface area contributed by atoms with Crippen LogP contribution in [0.1, 0.15) is 45.7 Å². The van der Waals surface area contributed by atoms with Crippen LogP contribution in [0.4, 0.5) is 0 Å². The second-order valence-electron chi connectivity index (χ2n) is 6.61. The van der Waals surface area contributed by atoms with E-state index in [0.29, 0.717) is 5.92 Å². The molecule has 2 heterocycles. The average molecular weight is 279 g/mol. The molecule has 0 radical (unpaired) electrons. The molecule has 0 bridgehead atoms. The molecule has 1 N–H and O–H groups in total. The lowest BCUT2D eigenvalue weighted by Gasteiger charge is -2.34. The van der Waals surface area contributed by atoms with Crippen LogP contribution in [0.5, 0.6) is 0 Å². The predicted octanol–water partition coefficient (Wildman–Crippen LogP) is 2.59. The van der Waals surface area contributed by atoms with Gasteiger partial charge in [-0.05, 0) is 38.3 Å². The van der Waals surface area contributed by atoms with Crippen molar-refractivity contribution in [2.75, 3.05) is 26.3 Å². The number of aryl methyl sites for hydroxylation is 1. The Kier molecular flexibility index (Phi) is 5.61. The first-order valence-electron chi connectivity index (χ1n) is 7.91. The molecular weight excluding hydrogens is 250 g/mol. The Morgan fingerprint density at radius 1 is 1.40 bits per heavy atom. The van der Waals surface area contributed by atoms with Crippen molar-refractivity contribution in [3.8, 4) is 0 Å². The van der Waals surface area contributed by atoms with Gasteiger partial charge in [0.25, 0.3) is 0 Å². The van der Waals surface area contributed by atoms with E-state index in [1.165, 1.54) is 18.5 Å². The fourth-order valence-electron chi connectivity index (χ4n) is 2.89. The summed E-state index contributed by atoms with van der Waals surface area (Å²) in [6.07, 6.45) is 7.49. The number of nitrogens with zero attached hydrogens (tertiary/aromatic N) is 2. The predicted molar refractivity (Wildman–Crippen MR) is 82.0 cm³/mol. The number of piperidine rings is 1. The lowest BCUT2D eigenvalue weighted by atomic mass is 9.78. The third kappa shape index (κ3) is 4.06. The van der Waals surface area contributed by atoms with E-state index in [2.05, 4.69) is 41.8 Å². The number of ether oxygens (including phenoxy) is 1. The molecule has 1 aliphatic heterocycles. The Morgan fingerprint density at radius 3 is 2.85 bits per heavy atom. The highest BCUT2D eigenvalue weighted by atomic mass is 16.5. The van der Waals surface area contributed by atoms with Crippen LogP contribution in [-0.2, 0) is 16.7 Å². The minimum Gasteiger partial charge on any atom is -0.381 e. The number of aromatic nitrogens is 2. The van der Waals surface area contributed by atoms with E-state index in [-0.39, 0.29) is 5.41 Å². The number of nitrogens with one attached hydrogen (secondary N) is 1. The maximum absolute atomic E-state index is 5.66. The van der Waals surface area contributed by atoms with Crippen molar-refractivity contribution in [2.24, 2.45) is 5.92 Å². The molecule has 1 saturated heterocycles. The van der Waals surface area contributed by atoms with Crippen LogP contribution in [0.2, 0.25) is 0 Å². The summed E-state index contributed by atoms with van der Waals surface area (Å²) in [4.78, 5) is 4.37. The van der Waals surface area contributed by atoms with Gasteiger partial charge in [-0.15, -0.1) is 0 Å². The molecule has 0 unspecified atom stereocenters. The molecule has 0 aliphatic carbocycles. The molecule has 0 atom stereocenters. The average Bonchev–Trinajstić information content (AvgIpc) is 2.88. The first-order valence-corrected chi connectivity index (χ1v) is 7.91. The summed E-state index contributed by atoms with van der Waals surface area (Å²) in [5.41, 5.74) is 1.67. The first kappa shape index (κ1) is 15.5. The van der Waals surface area contributed by atoms with Gasteiger partial charge in [-0.25, -0.2) is 4.98 Å². The number of hydrogen-bond donors (Lipinski definition) is 1. The zero-order valence-electron chi connectivity index (χ0n) is 13.2. The van der Waals surface area contributed by atoms with E-state index in [0.717, 1.165) is 39.3 Å². The summed E-state index contributed by atoms with van der Waals surface area (Å²) in [6, 6.07) is 0. The molecule has 0 spiro atoms. The van der Waals surface area contributed by atoms with Crippen molar-refractivity contribution in [2.45, 2.75) is 52.0 Å². The van der Waals surface area contributed by atoms with Crippen molar-refractivity contribution in [1.29, 1.82) is 0 Å². The summed E-state index contributed by atoms with van der Waals surface area (Å²) in [6.45, 7) is 11.7. The highest BCUT2D eigenvalue weighted by Crippen LogP contribution is 2.32. The molecule has 4 nitrogen and oxygen atoms in total. The van der Waals surface area contributed by atoms with Gasteiger partial charge in [-0.3, -0.25) is 0 Å². The number of hydrogen-bond acceptors (Lipinski definition) is 3. The lowest BCUT2D eigenvalue weighted by Crippen LogP contribution is -2.39. The number of rotatable bonds is 7. The first-order chi connectivity index (χ1) is 9.62. The summed E-state index contributed by atoms with van der Waals surface area (Å²) in [5, 5.41) is 3.44. The highest BCUT2D eigenvalue weighted by molar-refractivity contribution is 5.15. The largest absolute Gasteiger partial charge is 0.381 e. The zero-order chi connectivity index (χ0) is 14.4. The molecule has 1 fully saturated rings. The number of imidazole rings is 1. The Labute approximate surface area is 122 Å². The zero-order valence-corrected chi connectivity index (χ0v) is 13.2. The van der Waals surface area contributed by atoms with Gasteiger partial charge in [0.15, 0.2) is 0 Å². The van der Waals surface area contributed by atoms with Gasteiger partial charge in [0.05, 0.1) is 6.33 Å². The van der Waals surface area contributed by atoms with E-state index in [1.807, 2.05) is 6.33 Å². The topological polar surface area (TPSA) is 39.1 Å². The van der Waals surface area contributed by atoms with Crippen molar-refractivity contribution in [3.05, 3.63) is 18.2 Å². The molecule has 4 heteroatoms. The van der Waals surface area contributed by atoms with E-state index in [9.17, 15) is 0 Å². The Morgan fingerprint density at radius 2 is 2.15 bits per heavy atom. The van der Waals surface area contributed by atoms with Crippen LogP contribution >= 0.6 is 0 Å². The van der Waals surface area contributed by atoms with Gasteiger partial charge in [0.1, 0.15) is 0 Å². The standard InChI is InChI=1S/C16H29N3O/c1-14(2)12-20-10-4-9-19-13-18-11-15(19)16(3)5-7-17-8-6-16/h11,13-14,17H,4-10,12H2,1-3H3. The van der Waals surface area contributed by atoms with Crippen LogP contribution in [-0.4, -0.2) is 35.9 Å². The Balaban J connectivity index is 1.85. The van der Waals surface area contributed by atoms with Gasteiger partial charge < -0.3 is 14.6 Å². The molecule has 0 saturated carbocycles. The maximum Gasteiger partial charge on any atom is 0.0948 e. The Hall–Kier alpha value is -0.870. The van der Waals surface area contributed by atoms with Crippen LogP contribution < -0.4 is 5.32 Å². The molecule has 1 aliphatic rings. The molecule has 1 aromatic rings. The third-order valence-electron chi connectivity index (χ3n) is 4.18. The SMILES string of the molecule is CC(C)COCCCn1cncc1C1(C)CCNCC1. The Bertz CT molecular complexity index is 394. The molecule has 0 aromatic carbocycles. The van der Waals surface area contributed by atoms with E-state index in [1.54, 1.807) is 0 Å². The van der Waals surface area contributed by atoms with Crippen molar-refractivity contribution >= 4 is 0 Å². The van der Waals surface area contributed by atoms with Crippen LogP contribution in [0.3, 0.4) is 0 Å². The van der Waals surface area contributed by atoms with E-state index < -0.39 is 0 Å². The molecule has 114 valence electrons. The molecule has 2 rings (SSSR count). The van der Waals surface area contributed by atoms with Gasteiger partial charge >= 0.3 is 0 Å². The normalized spacial score (nSPS) is 18.6.